The highest BCUT2D eigenvalue weighted by Gasteiger charge is 2.53. The first-order valence-corrected chi connectivity index (χ1v) is 10.8. The van der Waals surface area contributed by atoms with E-state index in [1.807, 2.05) is 25.1 Å². The Labute approximate surface area is 195 Å². The van der Waals surface area contributed by atoms with E-state index in [2.05, 4.69) is 0 Å². The molecule has 2 aliphatic rings. The molecule has 5 rings (SSSR count). The van der Waals surface area contributed by atoms with Gasteiger partial charge in [-0.2, -0.15) is 0 Å². The average Bonchev–Trinajstić information content (AvgIpc) is 3.05. The molecule has 3 aromatic rings. The van der Waals surface area contributed by atoms with Crippen LogP contribution in [0.4, 0.5) is 0 Å². The van der Waals surface area contributed by atoms with Crippen molar-refractivity contribution in [3.63, 3.8) is 0 Å². The van der Waals surface area contributed by atoms with E-state index >= 15 is 0 Å². The molecule has 172 valence electrons. The first-order valence-electron chi connectivity index (χ1n) is 10.8. The fourth-order valence-electron chi connectivity index (χ4n) is 4.27. The number of hydrogen-bond acceptors (Lipinski definition) is 6. The number of carbonyl (C=O) groups is 3. The van der Waals surface area contributed by atoms with Gasteiger partial charge in [-0.1, -0.05) is 18.2 Å². The van der Waals surface area contributed by atoms with Gasteiger partial charge in [0.15, 0.2) is 5.60 Å². The van der Waals surface area contributed by atoms with E-state index in [-0.39, 0.29) is 11.1 Å². The summed E-state index contributed by atoms with van der Waals surface area (Å²) >= 11 is 0. The minimum atomic E-state index is -1.33. The Morgan fingerprint density at radius 2 is 1.56 bits per heavy atom. The number of benzene rings is 3. The van der Waals surface area contributed by atoms with Crippen molar-refractivity contribution in [2.45, 2.75) is 33.3 Å². The van der Waals surface area contributed by atoms with Gasteiger partial charge in [-0.05, 0) is 63.6 Å². The maximum atomic E-state index is 13.0. The maximum absolute atomic E-state index is 13.0. The molecule has 1 unspecified atom stereocenters. The number of aryl methyl sites for hydroxylation is 1. The van der Waals surface area contributed by atoms with Crippen LogP contribution in [0, 0.1) is 12.3 Å². The number of fused-ring (bicyclic) bond motifs is 6. The van der Waals surface area contributed by atoms with Gasteiger partial charge in [0, 0.05) is 22.8 Å². The molecule has 1 N–H and O–H groups in total. The maximum Gasteiger partial charge on any atom is 0.340 e. The lowest BCUT2D eigenvalue weighted by Crippen LogP contribution is -2.33. The summed E-state index contributed by atoms with van der Waals surface area (Å²) in [4.78, 5) is 36.9. The second-order valence-electron chi connectivity index (χ2n) is 9.54. The van der Waals surface area contributed by atoms with Gasteiger partial charge in [0.05, 0.1) is 16.5 Å². The average molecular weight is 458 g/mol. The molecule has 0 saturated carbocycles. The molecule has 0 fully saturated rings. The van der Waals surface area contributed by atoms with Crippen LogP contribution in [0.3, 0.4) is 0 Å². The van der Waals surface area contributed by atoms with Crippen molar-refractivity contribution in [1.29, 1.82) is 0 Å². The van der Waals surface area contributed by atoms with Crippen LogP contribution in [0.2, 0.25) is 0 Å². The number of hydrogen-bond donors (Lipinski definition) is 1. The Bertz CT molecular complexity index is 1400. The van der Waals surface area contributed by atoms with Crippen LogP contribution in [-0.2, 0) is 15.1 Å². The Morgan fingerprint density at radius 3 is 2.24 bits per heavy atom. The fourth-order valence-corrected chi connectivity index (χ4v) is 4.27. The summed E-state index contributed by atoms with van der Waals surface area (Å²) in [5, 5.41) is 9.40. The standard InChI is InChI=1S/C27H22O7/c1-14-5-8-19-21(11-14)33-22-13-16(32-25(31)26(2,3)4)7-10-20(22)27(19)18-9-6-15(23(28)29)12-17(18)24(30)34-27/h5-13H,1-4H3,(H,28,29). The van der Waals surface area contributed by atoms with Crippen molar-refractivity contribution in [2.75, 3.05) is 0 Å². The molecule has 0 aliphatic carbocycles. The largest absolute Gasteiger partial charge is 0.478 e. The summed E-state index contributed by atoms with van der Waals surface area (Å²) < 4.78 is 17.8. The number of rotatable bonds is 2. The highest BCUT2D eigenvalue weighted by Crippen LogP contribution is 2.56. The molecule has 1 atom stereocenters. The van der Waals surface area contributed by atoms with Crippen LogP contribution >= 0.6 is 0 Å². The normalized spacial score (nSPS) is 17.8. The molecule has 34 heavy (non-hydrogen) atoms. The zero-order chi connectivity index (χ0) is 24.4. The minimum Gasteiger partial charge on any atom is -0.478 e. The Hall–Kier alpha value is -4.13. The number of aromatic carboxylic acids is 1. The lowest BCUT2D eigenvalue weighted by molar-refractivity contribution is -0.143. The van der Waals surface area contributed by atoms with E-state index in [1.165, 1.54) is 12.1 Å². The molecular formula is C27H22O7. The summed E-state index contributed by atoms with van der Waals surface area (Å²) in [5.74, 6) is -0.982. The smallest absolute Gasteiger partial charge is 0.340 e. The van der Waals surface area contributed by atoms with E-state index in [4.69, 9.17) is 14.2 Å². The van der Waals surface area contributed by atoms with Crippen LogP contribution in [0.5, 0.6) is 17.2 Å². The number of carboxylic acid groups (broad SMARTS) is 1. The first-order chi connectivity index (χ1) is 16.0. The number of carbonyl (C=O) groups excluding carboxylic acids is 2. The second-order valence-corrected chi connectivity index (χ2v) is 9.54. The Kier molecular flexibility index (Phi) is 4.59. The molecule has 0 aromatic heterocycles. The summed E-state index contributed by atoms with van der Waals surface area (Å²) in [6.45, 7) is 7.21. The summed E-state index contributed by atoms with van der Waals surface area (Å²) in [7, 11) is 0. The Balaban J connectivity index is 1.72. The van der Waals surface area contributed by atoms with Crippen molar-refractivity contribution in [3.8, 4) is 17.2 Å². The number of carboxylic acids is 1. The van der Waals surface area contributed by atoms with Crippen LogP contribution in [0.25, 0.3) is 0 Å². The predicted molar refractivity (Wildman–Crippen MR) is 121 cm³/mol. The monoisotopic (exact) mass is 458 g/mol. The molecule has 0 bridgehead atoms. The van der Waals surface area contributed by atoms with Crippen molar-refractivity contribution in [1.82, 2.24) is 0 Å². The quantitative estimate of drug-likeness (QED) is 0.416. The third-order valence-corrected chi connectivity index (χ3v) is 6.00. The number of ether oxygens (including phenoxy) is 3. The summed E-state index contributed by atoms with van der Waals surface area (Å²) in [6, 6.07) is 14.9. The molecule has 7 nitrogen and oxygen atoms in total. The van der Waals surface area contributed by atoms with Crippen molar-refractivity contribution < 1.29 is 33.7 Å². The molecule has 2 heterocycles. The van der Waals surface area contributed by atoms with Crippen LogP contribution in [0.1, 0.15) is 63.7 Å². The molecular weight excluding hydrogens is 436 g/mol. The van der Waals surface area contributed by atoms with E-state index < -0.39 is 28.9 Å². The third kappa shape index (κ3) is 3.15. The van der Waals surface area contributed by atoms with E-state index in [0.29, 0.717) is 33.9 Å². The number of esters is 2. The van der Waals surface area contributed by atoms with E-state index in [1.54, 1.807) is 45.0 Å². The predicted octanol–water partition coefficient (Wildman–Crippen LogP) is 5.21. The summed E-state index contributed by atoms with van der Waals surface area (Å²) in [6.07, 6.45) is 0. The zero-order valence-electron chi connectivity index (χ0n) is 19.1. The van der Waals surface area contributed by atoms with Crippen LogP contribution in [-0.4, -0.2) is 23.0 Å². The van der Waals surface area contributed by atoms with Gasteiger partial charge in [-0.3, -0.25) is 4.79 Å². The molecule has 0 radical (unpaired) electrons. The molecule has 1 spiro atoms. The fraction of sp³-hybridized carbons (Fsp3) is 0.222. The van der Waals surface area contributed by atoms with Gasteiger partial charge in [0.2, 0.25) is 0 Å². The zero-order valence-corrected chi connectivity index (χ0v) is 19.1. The van der Waals surface area contributed by atoms with E-state index in [9.17, 15) is 19.5 Å². The highest BCUT2D eigenvalue weighted by atomic mass is 16.6. The lowest BCUT2D eigenvalue weighted by Gasteiger charge is -2.36. The van der Waals surface area contributed by atoms with Gasteiger partial charge in [-0.15, -0.1) is 0 Å². The molecule has 7 heteroatoms. The van der Waals surface area contributed by atoms with Crippen LogP contribution < -0.4 is 9.47 Å². The summed E-state index contributed by atoms with van der Waals surface area (Å²) in [5.41, 5.74) is 0.803. The van der Waals surface area contributed by atoms with Gasteiger partial charge >= 0.3 is 17.9 Å². The first kappa shape index (κ1) is 21.7. The van der Waals surface area contributed by atoms with E-state index in [0.717, 1.165) is 5.56 Å². The third-order valence-electron chi connectivity index (χ3n) is 6.00. The molecule has 3 aromatic carbocycles. The van der Waals surface area contributed by atoms with Gasteiger partial charge in [0.1, 0.15) is 17.2 Å². The molecule has 2 aliphatic heterocycles. The van der Waals surface area contributed by atoms with Crippen LogP contribution in [0.15, 0.2) is 54.6 Å². The molecule has 0 amide bonds. The van der Waals surface area contributed by atoms with Crippen molar-refractivity contribution in [2.24, 2.45) is 5.41 Å². The lowest BCUT2D eigenvalue weighted by atomic mass is 9.77. The van der Waals surface area contributed by atoms with Crippen molar-refractivity contribution in [3.05, 3.63) is 88.0 Å². The van der Waals surface area contributed by atoms with Gasteiger partial charge in [-0.25, -0.2) is 9.59 Å². The van der Waals surface area contributed by atoms with Crippen molar-refractivity contribution >= 4 is 17.9 Å². The van der Waals surface area contributed by atoms with Gasteiger partial charge in [0.25, 0.3) is 0 Å². The Morgan fingerprint density at radius 1 is 0.912 bits per heavy atom. The second kappa shape index (κ2) is 7.18. The molecule has 0 saturated heterocycles. The topological polar surface area (TPSA) is 99.1 Å². The van der Waals surface area contributed by atoms with Gasteiger partial charge < -0.3 is 19.3 Å². The SMILES string of the molecule is Cc1ccc2c(c1)Oc1cc(OC(=O)C(C)(C)C)ccc1C21OC(=O)c2cc(C(=O)O)ccc21. The highest BCUT2D eigenvalue weighted by molar-refractivity contribution is 6.00. The minimum absolute atomic E-state index is 0.00592.